The fourth-order valence-corrected chi connectivity index (χ4v) is 4.66. The Morgan fingerprint density at radius 2 is 1.81 bits per heavy atom. The number of aryl methyl sites for hydroxylation is 1. The fraction of sp³-hybridized carbons (Fsp3) is 0.222. The monoisotopic (exact) mass is 446 g/mol. The highest BCUT2D eigenvalue weighted by Gasteiger charge is 2.12. The van der Waals surface area contributed by atoms with Gasteiger partial charge < -0.3 is 9.88 Å². The minimum atomic E-state index is -0.233. The van der Waals surface area contributed by atoms with Gasteiger partial charge in [-0.3, -0.25) is 4.79 Å². The summed E-state index contributed by atoms with van der Waals surface area (Å²) in [7, 11) is 0. The average Bonchev–Trinajstić information content (AvgIpc) is 3.15. The molecule has 164 valence electrons. The van der Waals surface area contributed by atoms with Crippen molar-refractivity contribution in [2.75, 3.05) is 11.1 Å². The predicted molar refractivity (Wildman–Crippen MR) is 132 cm³/mol. The van der Waals surface area contributed by atoms with Crippen molar-refractivity contribution in [1.82, 2.24) is 4.57 Å². The molecule has 1 aromatic heterocycles. The molecule has 4 aromatic rings. The molecule has 0 spiro atoms. The summed E-state index contributed by atoms with van der Waals surface area (Å²) < 4.78 is 15.7. The van der Waals surface area contributed by atoms with Crippen LogP contribution in [0.1, 0.15) is 30.9 Å². The molecule has 0 aliphatic carbocycles. The summed E-state index contributed by atoms with van der Waals surface area (Å²) in [4.78, 5) is 13.6. The van der Waals surface area contributed by atoms with Crippen LogP contribution in [0.3, 0.4) is 0 Å². The summed E-state index contributed by atoms with van der Waals surface area (Å²) in [5, 5.41) is 4.09. The van der Waals surface area contributed by atoms with Gasteiger partial charge in [0.05, 0.1) is 5.75 Å². The van der Waals surface area contributed by atoms with Gasteiger partial charge in [0.1, 0.15) is 5.82 Å². The molecular formula is C27H27FN2OS. The quantitative estimate of drug-likeness (QED) is 0.284. The molecule has 3 nitrogen and oxygen atoms in total. The molecule has 0 aliphatic heterocycles. The molecule has 0 radical (unpaired) electrons. The van der Waals surface area contributed by atoms with Gasteiger partial charge in [-0.15, -0.1) is 11.8 Å². The second-order valence-electron chi connectivity index (χ2n) is 7.91. The largest absolute Gasteiger partial charge is 0.342 e. The molecule has 5 heteroatoms. The number of hydrogen-bond donors (Lipinski definition) is 1. The van der Waals surface area contributed by atoms with E-state index in [2.05, 4.69) is 47.3 Å². The Bertz CT molecular complexity index is 1200. The number of fused-ring (bicyclic) bond motifs is 1. The van der Waals surface area contributed by atoms with Crippen LogP contribution in [-0.4, -0.2) is 16.2 Å². The SMILES string of the molecule is CCCCc1ccc(NC(=O)CSc2cn(Cc3cccc(F)c3)c3ccccc23)cc1. The standard InChI is InChI=1S/C27H27FN2OS/c1-2-3-7-20-12-14-23(15-13-20)29-27(31)19-32-26-18-30(25-11-5-4-10-24(25)26)17-21-8-6-9-22(28)16-21/h4-6,8-16,18H,2-3,7,17,19H2,1H3,(H,29,31). The molecular weight excluding hydrogens is 419 g/mol. The molecule has 1 N–H and O–H groups in total. The third-order valence-electron chi connectivity index (χ3n) is 5.41. The number of carbonyl (C=O) groups is 1. The minimum Gasteiger partial charge on any atom is -0.342 e. The number of nitrogens with one attached hydrogen (secondary N) is 1. The Balaban J connectivity index is 1.42. The highest BCUT2D eigenvalue weighted by atomic mass is 32.2. The first-order valence-corrected chi connectivity index (χ1v) is 11.9. The van der Waals surface area contributed by atoms with Crippen LogP contribution < -0.4 is 5.32 Å². The van der Waals surface area contributed by atoms with Gasteiger partial charge in [0.15, 0.2) is 0 Å². The number of amides is 1. The van der Waals surface area contributed by atoms with E-state index in [9.17, 15) is 9.18 Å². The first-order chi connectivity index (χ1) is 15.6. The van der Waals surface area contributed by atoms with Crippen LogP contribution in [-0.2, 0) is 17.8 Å². The molecule has 0 atom stereocenters. The van der Waals surface area contributed by atoms with E-state index in [1.54, 1.807) is 12.1 Å². The molecule has 4 rings (SSSR count). The van der Waals surface area contributed by atoms with Crippen LogP contribution in [0.25, 0.3) is 10.9 Å². The first kappa shape index (κ1) is 22.2. The van der Waals surface area contributed by atoms with Gasteiger partial charge >= 0.3 is 0 Å². The number of hydrogen-bond acceptors (Lipinski definition) is 2. The lowest BCUT2D eigenvalue weighted by Crippen LogP contribution is -2.13. The molecule has 0 aliphatic rings. The number of anilines is 1. The molecule has 1 amide bonds. The van der Waals surface area contributed by atoms with Crippen LogP contribution >= 0.6 is 11.8 Å². The van der Waals surface area contributed by atoms with Crippen molar-refractivity contribution >= 4 is 34.3 Å². The lowest BCUT2D eigenvalue weighted by molar-refractivity contribution is -0.113. The summed E-state index contributed by atoms with van der Waals surface area (Å²) >= 11 is 1.52. The lowest BCUT2D eigenvalue weighted by Gasteiger charge is -2.06. The van der Waals surface area contributed by atoms with Crippen LogP contribution in [0.15, 0.2) is 83.9 Å². The van der Waals surface area contributed by atoms with E-state index in [1.807, 2.05) is 30.3 Å². The second kappa shape index (κ2) is 10.5. The summed E-state index contributed by atoms with van der Waals surface area (Å²) in [5.74, 6) is 0.0628. The number of halogens is 1. The Morgan fingerprint density at radius 1 is 1.00 bits per heavy atom. The van der Waals surface area contributed by atoms with Crippen molar-refractivity contribution < 1.29 is 9.18 Å². The molecule has 0 unspecified atom stereocenters. The van der Waals surface area contributed by atoms with Crippen molar-refractivity contribution in [2.45, 2.75) is 37.6 Å². The van der Waals surface area contributed by atoms with E-state index in [0.717, 1.165) is 33.5 Å². The van der Waals surface area contributed by atoms with Gasteiger partial charge in [-0.25, -0.2) is 4.39 Å². The zero-order valence-corrected chi connectivity index (χ0v) is 19.0. The lowest BCUT2D eigenvalue weighted by atomic mass is 10.1. The average molecular weight is 447 g/mol. The Hall–Kier alpha value is -3.05. The van der Waals surface area contributed by atoms with Gasteiger partial charge in [-0.2, -0.15) is 0 Å². The molecule has 32 heavy (non-hydrogen) atoms. The van der Waals surface area contributed by atoms with Crippen molar-refractivity contribution in [3.63, 3.8) is 0 Å². The third kappa shape index (κ3) is 5.60. The fourth-order valence-electron chi connectivity index (χ4n) is 3.77. The van der Waals surface area contributed by atoms with Crippen LogP contribution in [0, 0.1) is 5.82 Å². The predicted octanol–water partition coefficient (Wildman–Crippen LogP) is 6.90. The maximum absolute atomic E-state index is 13.6. The van der Waals surface area contributed by atoms with E-state index in [1.165, 1.54) is 36.2 Å². The third-order valence-corrected chi connectivity index (χ3v) is 6.45. The van der Waals surface area contributed by atoms with Crippen molar-refractivity contribution in [1.29, 1.82) is 0 Å². The molecule has 0 saturated heterocycles. The van der Waals surface area contributed by atoms with E-state index >= 15 is 0 Å². The topological polar surface area (TPSA) is 34.0 Å². The number of rotatable bonds is 9. The Morgan fingerprint density at radius 3 is 2.59 bits per heavy atom. The van der Waals surface area contributed by atoms with Crippen LogP contribution in [0.4, 0.5) is 10.1 Å². The number of para-hydroxylation sites is 1. The van der Waals surface area contributed by atoms with Crippen molar-refractivity contribution in [3.05, 3.63) is 95.9 Å². The number of unbranched alkanes of at least 4 members (excludes halogenated alkanes) is 1. The second-order valence-corrected chi connectivity index (χ2v) is 8.92. The zero-order chi connectivity index (χ0) is 22.3. The summed E-state index contributed by atoms with van der Waals surface area (Å²) in [5.41, 5.74) is 4.10. The van der Waals surface area contributed by atoms with Crippen LogP contribution in [0.5, 0.6) is 0 Å². The smallest absolute Gasteiger partial charge is 0.234 e. The van der Waals surface area contributed by atoms with Gasteiger partial charge in [0.25, 0.3) is 0 Å². The minimum absolute atomic E-state index is 0.0294. The number of benzene rings is 3. The highest BCUT2D eigenvalue weighted by Crippen LogP contribution is 2.30. The zero-order valence-electron chi connectivity index (χ0n) is 18.2. The number of aromatic nitrogens is 1. The Kier molecular flexibility index (Phi) is 7.28. The highest BCUT2D eigenvalue weighted by molar-refractivity contribution is 8.00. The van der Waals surface area contributed by atoms with E-state index in [0.29, 0.717) is 12.3 Å². The number of nitrogens with zero attached hydrogens (tertiary/aromatic N) is 1. The Labute approximate surface area is 192 Å². The first-order valence-electron chi connectivity index (χ1n) is 11.0. The van der Waals surface area contributed by atoms with Crippen molar-refractivity contribution in [2.24, 2.45) is 0 Å². The maximum Gasteiger partial charge on any atom is 0.234 e. The normalized spacial score (nSPS) is 11.1. The summed E-state index contributed by atoms with van der Waals surface area (Å²) in [6, 6.07) is 22.9. The molecule has 1 heterocycles. The molecule has 0 saturated carbocycles. The van der Waals surface area contributed by atoms with Crippen molar-refractivity contribution in [3.8, 4) is 0 Å². The van der Waals surface area contributed by atoms with E-state index in [4.69, 9.17) is 0 Å². The molecule has 0 bridgehead atoms. The molecule has 0 fully saturated rings. The van der Waals surface area contributed by atoms with Gasteiger partial charge in [0, 0.05) is 34.2 Å². The summed E-state index contributed by atoms with van der Waals surface area (Å²) in [6.07, 6.45) is 5.47. The summed E-state index contributed by atoms with van der Waals surface area (Å²) in [6.45, 7) is 2.76. The van der Waals surface area contributed by atoms with E-state index < -0.39 is 0 Å². The number of thioether (sulfide) groups is 1. The van der Waals surface area contributed by atoms with Gasteiger partial charge in [0.2, 0.25) is 5.91 Å². The maximum atomic E-state index is 13.6. The molecule has 3 aromatic carbocycles. The number of carbonyl (C=O) groups excluding carboxylic acids is 1. The van der Waals surface area contributed by atoms with Gasteiger partial charge in [-0.1, -0.05) is 55.8 Å². The van der Waals surface area contributed by atoms with Gasteiger partial charge in [-0.05, 0) is 54.3 Å². The van der Waals surface area contributed by atoms with E-state index in [-0.39, 0.29) is 11.7 Å². The van der Waals surface area contributed by atoms with Crippen LogP contribution in [0.2, 0.25) is 0 Å².